The lowest BCUT2D eigenvalue weighted by Gasteiger charge is -2.33. The summed E-state index contributed by atoms with van der Waals surface area (Å²) in [6.45, 7) is 0. The Morgan fingerprint density at radius 1 is 0.490 bits per heavy atom. The molecule has 0 fully saturated rings. The Morgan fingerprint density at radius 3 is 1.82 bits per heavy atom. The second-order valence-electron chi connectivity index (χ2n) is 12.0. The molecule has 0 saturated heterocycles. The van der Waals surface area contributed by atoms with Gasteiger partial charge in [0.05, 0.1) is 38.1 Å². The molecule has 0 unspecified atom stereocenters. The van der Waals surface area contributed by atoms with Crippen LogP contribution in [0.1, 0.15) is 0 Å². The van der Waals surface area contributed by atoms with Crippen LogP contribution < -0.4 is 4.90 Å². The average molecular weight is 669 g/mol. The summed E-state index contributed by atoms with van der Waals surface area (Å²) in [5.74, 6) is 0. The van der Waals surface area contributed by atoms with Gasteiger partial charge in [-0.25, -0.2) is 13.4 Å². The van der Waals surface area contributed by atoms with Gasteiger partial charge in [-0.1, -0.05) is 121 Å². The van der Waals surface area contributed by atoms with Crippen LogP contribution in [0.2, 0.25) is 0 Å². The van der Waals surface area contributed by atoms with Crippen molar-refractivity contribution >= 4 is 60.3 Å². The van der Waals surface area contributed by atoms with E-state index in [9.17, 15) is 8.42 Å². The van der Waals surface area contributed by atoms with E-state index < -0.39 is 9.84 Å². The third-order valence-corrected chi connectivity index (χ3v) is 12.0. The first-order chi connectivity index (χ1) is 24.1. The lowest BCUT2D eigenvalue weighted by molar-refractivity contribution is 0.596. The minimum atomic E-state index is -3.66. The number of sulfone groups is 1. The maximum atomic E-state index is 13.4. The SMILES string of the molecule is O=S(=O)(c1ccccc1)c1ccc(-c2cc(-c3cccc4ccccc34)c3cccc(N4c5ccccc5Sc5ccccc54)c3n2)cc1. The summed E-state index contributed by atoms with van der Waals surface area (Å²) in [5.41, 5.74) is 7.82. The molecule has 0 bridgehead atoms. The number of para-hydroxylation sites is 3. The van der Waals surface area contributed by atoms with Crippen molar-refractivity contribution in [2.24, 2.45) is 0 Å². The highest BCUT2D eigenvalue weighted by molar-refractivity contribution is 7.99. The molecule has 0 amide bonds. The molecule has 2 heterocycles. The summed E-state index contributed by atoms with van der Waals surface area (Å²) in [6, 6.07) is 56.0. The van der Waals surface area contributed by atoms with Gasteiger partial charge in [0.15, 0.2) is 0 Å². The van der Waals surface area contributed by atoms with E-state index in [2.05, 4.69) is 120 Å². The van der Waals surface area contributed by atoms with Crippen molar-refractivity contribution in [3.63, 3.8) is 0 Å². The summed E-state index contributed by atoms with van der Waals surface area (Å²) in [4.78, 5) is 10.6. The minimum absolute atomic E-state index is 0.247. The van der Waals surface area contributed by atoms with E-state index in [0.717, 1.165) is 61.1 Å². The number of aromatic nitrogens is 1. The highest BCUT2D eigenvalue weighted by Gasteiger charge is 2.27. The predicted octanol–water partition coefficient (Wildman–Crippen LogP) is 11.5. The smallest absolute Gasteiger partial charge is 0.206 e. The highest BCUT2D eigenvalue weighted by Crippen LogP contribution is 2.52. The quantitative estimate of drug-likeness (QED) is 0.183. The molecule has 0 N–H and O–H groups in total. The summed E-state index contributed by atoms with van der Waals surface area (Å²) < 4.78 is 26.8. The van der Waals surface area contributed by atoms with Crippen molar-refractivity contribution in [1.82, 2.24) is 4.98 Å². The molecule has 8 aromatic rings. The predicted molar refractivity (Wildman–Crippen MR) is 201 cm³/mol. The van der Waals surface area contributed by atoms with Gasteiger partial charge in [-0.15, -0.1) is 0 Å². The van der Waals surface area contributed by atoms with Crippen LogP contribution in [0, 0.1) is 0 Å². The van der Waals surface area contributed by atoms with Crippen molar-refractivity contribution in [1.29, 1.82) is 0 Å². The summed E-state index contributed by atoms with van der Waals surface area (Å²) >= 11 is 1.78. The number of hydrogen-bond acceptors (Lipinski definition) is 5. The molecule has 49 heavy (non-hydrogen) atoms. The van der Waals surface area contributed by atoms with E-state index in [1.165, 1.54) is 9.79 Å². The normalized spacial score (nSPS) is 12.5. The van der Waals surface area contributed by atoms with Crippen molar-refractivity contribution in [2.75, 3.05) is 4.90 Å². The first kappa shape index (κ1) is 29.4. The van der Waals surface area contributed by atoms with E-state index in [1.807, 2.05) is 18.2 Å². The number of rotatable bonds is 5. The Labute approximate surface area is 289 Å². The highest BCUT2D eigenvalue weighted by atomic mass is 32.2. The monoisotopic (exact) mass is 668 g/mol. The van der Waals surface area contributed by atoms with Gasteiger partial charge in [0, 0.05) is 20.7 Å². The fourth-order valence-electron chi connectivity index (χ4n) is 6.75. The molecule has 234 valence electrons. The zero-order chi connectivity index (χ0) is 33.0. The van der Waals surface area contributed by atoms with Gasteiger partial charge >= 0.3 is 0 Å². The van der Waals surface area contributed by atoms with Gasteiger partial charge in [-0.3, -0.25) is 0 Å². The average Bonchev–Trinajstić information content (AvgIpc) is 3.16. The van der Waals surface area contributed by atoms with Crippen molar-refractivity contribution in [3.05, 3.63) is 170 Å². The van der Waals surface area contributed by atoms with Crippen molar-refractivity contribution in [3.8, 4) is 22.4 Å². The zero-order valence-corrected chi connectivity index (χ0v) is 27.8. The Morgan fingerprint density at radius 2 is 1.06 bits per heavy atom. The molecule has 0 radical (unpaired) electrons. The first-order valence-electron chi connectivity index (χ1n) is 16.0. The molecule has 1 aliphatic rings. The molecule has 7 aromatic carbocycles. The molecule has 0 spiro atoms. The van der Waals surface area contributed by atoms with Crippen molar-refractivity contribution < 1.29 is 8.42 Å². The van der Waals surface area contributed by atoms with E-state index in [-0.39, 0.29) is 9.79 Å². The molecule has 9 rings (SSSR count). The molecule has 0 aliphatic carbocycles. The van der Waals surface area contributed by atoms with Crippen molar-refractivity contribution in [2.45, 2.75) is 19.6 Å². The van der Waals surface area contributed by atoms with E-state index in [4.69, 9.17) is 4.98 Å². The van der Waals surface area contributed by atoms with Crippen LogP contribution in [0.4, 0.5) is 17.1 Å². The number of anilines is 3. The summed E-state index contributed by atoms with van der Waals surface area (Å²) in [5, 5.41) is 3.35. The molecular weight excluding hydrogens is 641 g/mol. The number of nitrogens with zero attached hydrogens (tertiary/aromatic N) is 2. The minimum Gasteiger partial charge on any atom is -0.306 e. The van der Waals surface area contributed by atoms with Gasteiger partial charge < -0.3 is 4.90 Å². The standard InChI is InChI=1S/C43H28N2O2S2/c46-49(47,31-14-2-1-3-15-31)32-26-24-30(25-27-32)37-28-36(34-17-10-13-29-12-4-5-16-33(29)34)35-18-11-21-40(43(35)44-37)45-38-19-6-8-22-41(38)48-42-23-9-7-20-39(42)45/h1-28H. The van der Waals surface area contributed by atoms with Gasteiger partial charge in [0.1, 0.15) is 0 Å². The number of benzene rings is 7. The maximum absolute atomic E-state index is 13.4. The lowest BCUT2D eigenvalue weighted by Crippen LogP contribution is -2.15. The number of fused-ring (bicyclic) bond motifs is 4. The Balaban J connectivity index is 1.30. The molecular formula is C43H28N2O2S2. The van der Waals surface area contributed by atoms with Crippen LogP contribution in [-0.2, 0) is 9.84 Å². The third kappa shape index (κ3) is 5.00. The fraction of sp³-hybridized carbons (Fsp3) is 0. The fourth-order valence-corrected chi connectivity index (χ4v) is 9.09. The third-order valence-electron chi connectivity index (χ3n) is 9.09. The Bertz CT molecular complexity index is 2600. The van der Waals surface area contributed by atoms with Crippen LogP contribution in [0.3, 0.4) is 0 Å². The molecule has 4 nitrogen and oxygen atoms in total. The molecule has 1 aliphatic heterocycles. The molecule has 1 aromatic heterocycles. The Kier molecular flexibility index (Phi) is 7.08. The second kappa shape index (κ2) is 11.8. The van der Waals surface area contributed by atoms with Gasteiger partial charge in [-0.2, -0.15) is 0 Å². The van der Waals surface area contributed by atoms with Crippen LogP contribution in [-0.4, -0.2) is 13.4 Å². The zero-order valence-electron chi connectivity index (χ0n) is 26.2. The van der Waals surface area contributed by atoms with Gasteiger partial charge in [-0.05, 0) is 82.6 Å². The van der Waals surface area contributed by atoms with Crippen LogP contribution in [0.25, 0.3) is 44.1 Å². The first-order valence-corrected chi connectivity index (χ1v) is 18.3. The summed E-state index contributed by atoms with van der Waals surface area (Å²) in [6.07, 6.45) is 0. The van der Waals surface area contributed by atoms with Gasteiger partial charge in [0.25, 0.3) is 0 Å². The van der Waals surface area contributed by atoms with E-state index in [0.29, 0.717) is 0 Å². The largest absolute Gasteiger partial charge is 0.306 e. The molecule has 0 atom stereocenters. The lowest BCUT2D eigenvalue weighted by atomic mass is 9.93. The Hall–Kier alpha value is -5.69. The second-order valence-corrected chi connectivity index (χ2v) is 15.0. The topological polar surface area (TPSA) is 50.3 Å². The molecule has 0 saturated carbocycles. The van der Waals surface area contributed by atoms with Crippen LogP contribution in [0.15, 0.2) is 189 Å². The maximum Gasteiger partial charge on any atom is 0.206 e. The van der Waals surface area contributed by atoms with E-state index >= 15 is 0 Å². The van der Waals surface area contributed by atoms with Crippen LogP contribution in [0.5, 0.6) is 0 Å². The van der Waals surface area contributed by atoms with E-state index in [1.54, 1.807) is 48.2 Å². The van der Waals surface area contributed by atoms with Gasteiger partial charge in [0.2, 0.25) is 9.84 Å². The number of hydrogen-bond donors (Lipinski definition) is 0. The van der Waals surface area contributed by atoms with Crippen LogP contribution >= 0.6 is 11.8 Å². The number of pyridine rings is 1. The summed E-state index contributed by atoms with van der Waals surface area (Å²) in [7, 11) is -3.66. The molecule has 6 heteroatoms.